The number of aromatic nitrogens is 5. The van der Waals surface area contributed by atoms with Gasteiger partial charge in [-0.05, 0) is 220 Å². The quantitative estimate of drug-likeness (QED) is 0.128. The second-order valence-electron chi connectivity index (χ2n) is 31.5. The molecule has 0 spiro atoms. The van der Waals surface area contributed by atoms with Crippen LogP contribution >= 0.6 is 0 Å². The first-order valence-corrected chi connectivity index (χ1v) is 35.1. The lowest BCUT2D eigenvalue weighted by atomic mass is 9.86. The highest BCUT2D eigenvalue weighted by atomic mass is 16.3. The summed E-state index contributed by atoms with van der Waals surface area (Å²) in [6, 6.07) is 47.2. The summed E-state index contributed by atoms with van der Waals surface area (Å²) in [6.45, 7) is 42.5. The lowest BCUT2D eigenvalue weighted by molar-refractivity contribution is -0.661. The number of benzene rings is 6. The van der Waals surface area contributed by atoms with E-state index < -0.39 is 42.7 Å². The van der Waals surface area contributed by atoms with Gasteiger partial charge >= 0.3 is 0 Å². The molecular formula is C93H117N5O+4. The Morgan fingerprint density at radius 2 is 0.960 bits per heavy atom. The van der Waals surface area contributed by atoms with Crippen molar-refractivity contribution in [3.63, 3.8) is 0 Å². The molecule has 0 amide bonds. The summed E-state index contributed by atoms with van der Waals surface area (Å²) >= 11 is 0. The standard InChI is InChI=1S/C31H29N2O.C22H32N.2C20H28N/c1-18(2)17-21-9-8-12-26-23(21)15-16-27(33(26)5)28-20(4)22-10-6-7-11-24(22)29-25-14-13-19(3)32-31(25)34-30(28)29;1-15(2)18-9-10-20(17(4)11-18)21-12-16(3)19(14-23(21)8)13-22(5,6)7;2*1-14-8-9-18(16(3)10-14)19-11-15(2)17(13-21(19)7)12-20(4,5)6/h6-16,18H,17H2,1-5H3;9-12,14-15H,13H2,1-8H3;2*8-11,13H,12H2,1-7H3/q4*+1/i17D2;13D2,15D;1D3,12D2;. The Hall–Kier alpha value is -8.61. The van der Waals surface area contributed by atoms with E-state index in [2.05, 4.69) is 176 Å². The number of rotatable bonds is 10. The molecule has 0 radical (unpaired) electrons. The maximum absolute atomic E-state index is 8.74. The van der Waals surface area contributed by atoms with Crippen molar-refractivity contribution < 1.29 is 36.4 Å². The molecule has 0 N–H and O–H groups in total. The average Bonchev–Trinajstić information content (AvgIpc) is 1.67. The average molecular weight is 1330 g/mol. The topological polar surface area (TPSA) is 41.6 Å². The molecule has 0 bridgehead atoms. The zero-order valence-corrected chi connectivity index (χ0v) is 64.4. The molecule has 6 heterocycles. The molecule has 6 nitrogen and oxygen atoms in total. The van der Waals surface area contributed by atoms with Crippen LogP contribution in [0, 0.1) is 91.3 Å². The summed E-state index contributed by atoms with van der Waals surface area (Å²) in [7, 11) is 8.07. The molecule has 0 fully saturated rings. The zero-order valence-electron chi connectivity index (χ0n) is 74.4. The minimum absolute atomic E-state index is 0.137. The SMILES string of the molecule is Cc1ccc(-c2cc(C)c(CC(C)(C)C)c[n+]2C)c(C)c1.[2H]C(C)(C)c1ccc(-c2cc(C)c(C([2H])([2H])C(C)(C)C)c[n+]2C)c(C)c1.[2H]C([2H])([2H])c1ccc(-c2cc(C)c(C([2H])([2H])C(C)(C)C)c[n+]2C)c(C)c1.[2H]C([2H])(c1cccc2c1ccc(-c1c(C)c3ccccc3c3c1oc1nc(C)ccc13)[n+]2C)C(C)C. The van der Waals surface area contributed by atoms with Gasteiger partial charge in [0.25, 0.3) is 0 Å². The van der Waals surface area contributed by atoms with Crippen molar-refractivity contribution >= 4 is 43.7 Å². The molecule has 0 aliphatic rings. The van der Waals surface area contributed by atoms with Crippen LogP contribution in [0.15, 0.2) is 163 Å². The Bertz CT molecular complexity index is 5300. The van der Waals surface area contributed by atoms with Crippen molar-refractivity contribution in [2.45, 2.75) is 191 Å². The van der Waals surface area contributed by atoms with Crippen molar-refractivity contribution in [3.8, 4) is 45.0 Å². The highest BCUT2D eigenvalue weighted by molar-refractivity contribution is 6.23. The molecule has 0 unspecified atom stereocenters. The van der Waals surface area contributed by atoms with Gasteiger partial charge in [0.05, 0.1) is 5.56 Å². The van der Waals surface area contributed by atoms with Gasteiger partial charge in [-0.1, -0.05) is 174 Å². The second-order valence-corrected chi connectivity index (χ2v) is 31.5. The first-order valence-electron chi connectivity index (χ1n) is 40.1. The van der Waals surface area contributed by atoms with E-state index in [1.54, 1.807) is 12.1 Å². The van der Waals surface area contributed by atoms with Gasteiger partial charge < -0.3 is 4.42 Å². The third-order valence-corrected chi connectivity index (χ3v) is 18.3. The lowest BCUT2D eigenvalue weighted by Gasteiger charge is -2.19. The summed E-state index contributed by atoms with van der Waals surface area (Å²) in [5.41, 5.74) is 25.4. The molecule has 12 rings (SSSR count). The lowest BCUT2D eigenvalue weighted by Crippen LogP contribution is -2.32. The van der Waals surface area contributed by atoms with Gasteiger partial charge in [0.2, 0.25) is 34.0 Å². The van der Waals surface area contributed by atoms with Gasteiger partial charge in [0.15, 0.2) is 24.2 Å². The van der Waals surface area contributed by atoms with Crippen LogP contribution in [0.25, 0.3) is 88.8 Å². The summed E-state index contributed by atoms with van der Waals surface area (Å²) in [5.74, 6) is -0.754. The number of aryl methyl sites for hydroxylation is 14. The fraction of sp³-hybridized carbons (Fsp3) is 0.387. The van der Waals surface area contributed by atoms with Gasteiger partial charge in [0, 0.05) is 99.3 Å². The highest BCUT2D eigenvalue weighted by Crippen LogP contribution is 2.43. The van der Waals surface area contributed by atoms with Crippen LogP contribution in [0.1, 0.15) is 193 Å². The Balaban J connectivity index is 0.000000171. The van der Waals surface area contributed by atoms with E-state index in [0.29, 0.717) is 22.3 Å². The van der Waals surface area contributed by atoms with E-state index in [1.807, 2.05) is 169 Å². The molecule has 0 aliphatic carbocycles. The van der Waals surface area contributed by atoms with Crippen molar-refractivity contribution in [2.75, 3.05) is 0 Å². The Morgan fingerprint density at radius 3 is 1.46 bits per heavy atom. The largest absolute Gasteiger partial charge is 0.437 e. The maximum atomic E-state index is 8.74. The summed E-state index contributed by atoms with van der Waals surface area (Å²) < 4.78 is 97.6. The summed E-state index contributed by atoms with van der Waals surface area (Å²) in [4.78, 5) is 4.70. The number of nitrogens with zero attached hydrogens (tertiary/aromatic N) is 5. The molecule has 0 saturated heterocycles. The molecule has 6 heteroatoms. The van der Waals surface area contributed by atoms with Gasteiger partial charge in [-0.2, -0.15) is 4.57 Å². The normalized spacial score (nSPS) is 14.1. The van der Waals surface area contributed by atoms with Crippen LogP contribution in [-0.4, -0.2) is 4.98 Å². The van der Waals surface area contributed by atoms with Crippen LogP contribution in [0.5, 0.6) is 0 Å². The van der Waals surface area contributed by atoms with Gasteiger partial charge in [-0.15, -0.1) is 0 Å². The van der Waals surface area contributed by atoms with Gasteiger partial charge in [-0.25, -0.2) is 18.7 Å². The third-order valence-electron chi connectivity index (χ3n) is 18.3. The van der Waals surface area contributed by atoms with E-state index >= 15 is 0 Å². The van der Waals surface area contributed by atoms with Crippen LogP contribution in [0.3, 0.4) is 0 Å². The van der Waals surface area contributed by atoms with Crippen LogP contribution in [0.4, 0.5) is 0 Å². The van der Waals surface area contributed by atoms with Crippen molar-refractivity contribution in [1.29, 1.82) is 0 Å². The Kier molecular flexibility index (Phi) is 18.7. The van der Waals surface area contributed by atoms with Crippen molar-refractivity contribution in [3.05, 3.63) is 242 Å². The molecule has 516 valence electrons. The molecule has 6 aromatic heterocycles. The minimum atomic E-state index is -2.12. The Labute approximate surface area is 609 Å². The first-order chi connectivity index (χ1) is 50.2. The summed E-state index contributed by atoms with van der Waals surface area (Å²) in [5, 5.41) is 5.38. The molecule has 12 aromatic rings. The monoisotopic (exact) mass is 1330 g/mol. The number of hydrogen-bond donors (Lipinski definition) is 0. The second kappa shape index (κ2) is 30.1. The fourth-order valence-electron chi connectivity index (χ4n) is 13.5. The molecule has 6 aromatic carbocycles. The fourth-order valence-corrected chi connectivity index (χ4v) is 13.5. The van der Waals surface area contributed by atoms with E-state index in [0.717, 1.165) is 123 Å². The molecule has 0 aliphatic heterocycles. The maximum Gasteiger partial charge on any atom is 0.227 e. The zero-order chi connectivity index (χ0) is 81.3. The first kappa shape index (κ1) is 61.5. The number of hydrogen-bond acceptors (Lipinski definition) is 2. The van der Waals surface area contributed by atoms with Crippen molar-refractivity contribution in [2.24, 2.45) is 50.4 Å². The molecule has 0 atom stereocenters. The number of furan rings is 1. The molecule has 99 heavy (non-hydrogen) atoms. The van der Waals surface area contributed by atoms with E-state index in [9.17, 15) is 0 Å². The van der Waals surface area contributed by atoms with Crippen LogP contribution in [-0.2, 0) is 53.7 Å². The number of fused-ring (bicyclic) bond motifs is 6. The van der Waals surface area contributed by atoms with Crippen LogP contribution < -0.4 is 18.3 Å². The van der Waals surface area contributed by atoms with Gasteiger partial charge in [-0.3, -0.25) is 0 Å². The minimum Gasteiger partial charge on any atom is -0.437 e. The van der Waals surface area contributed by atoms with Crippen LogP contribution in [0.2, 0.25) is 0 Å². The van der Waals surface area contributed by atoms with Crippen molar-refractivity contribution in [1.82, 2.24) is 4.98 Å². The predicted octanol–water partition coefficient (Wildman–Crippen LogP) is 22.5. The smallest absolute Gasteiger partial charge is 0.227 e. The molecule has 0 saturated carbocycles. The summed E-state index contributed by atoms with van der Waals surface area (Å²) in [6.07, 6.45) is 2.89. The third kappa shape index (κ3) is 17.7. The van der Waals surface area contributed by atoms with E-state index in [4.69, 9.17) is 23.1 Å². The van der Waals surface area contributed by atoms with E-state index in [1.165, 1.54) is 38.9 Å². The van der Waals surface area contributed by atoms with Gasteiger partial charge in [0.1, 0.15) is 28.2 Å². The number of pyridine rings is 5. The van der Waals surface area contributed by atoms with E-state index in [-0.39, 0.29) is 5.92 Å². The highest BCUT2D eigenvalue weighted by Gasteiger charge is 2.28. The molecular weight excluding hydrogens is 1200 g/mol. The Morgan fingerprint density at radius 1 is 0.465 bits per heavy atom. The predicted molar refractivity (Wildman–Crippen MR) is 422 cm³/mol.